The van der Waals surface area contributed by atoms with E-state index >= 15 is 0 Å². The molecule has 0 saturated heterocycles. The second-order valence-electron chi connectivity index (χ2n) is 3.23. The molecule has 0 atom stereocenters. The molecule has 1 rings (SSSR count). The molecule has 1 aliphatic rings. The molecule has 0 heterocycles. The quantitative estimate of drug-likeness (QED) is 0.641. The summed E-state index contributed by atoms with van der Waals surface area (Å²) in [5.74, 6) is -1.33. The van der Waals surface area contributed by atoms with Gasteiger partial charge in [0.05, 0.1) is 0 Å². The van der Waals surface area contributed by atoms with E-state index in [1.807, 2.05) is 0 Å². The molecule has 13 heavy (non-hydrogen) atoms. The van der Waals surface area contributed by atoms with Crippen molar-refractivity contribution in [1.29, 1.82) is 0 Å². The van der Waals surface area contributed by atoms with Gasteiger partial charge in [0.25, 0.3) is 0 Å². The van der Waals surface area contributed by atoms with Crippen molar-refractivity contribution in [2.24, 2.45) is 0 Å². The van der Waals surface area contributed by atoms with E-state index in [0.29, 0.717) is 0 Å². The molecule has 1 saturated carbocycles. The van der Waals surface area contributed by atoms with Crippen LogP contribution in [0.3, 0.4) is 0 Å². The first-order chi connectivity index (χ1) is 6.16. The van der Waals surface area contributed by atoms with E-state index in [4.69, 9.17) is 9.90 Å². The van der Waals surface area contributed by atoms with Crippen molar-refractivity contribution in [1.82, 2.24) is 5.32 Å². The molecule has 0 aromatic heterocycles. The van der Waals surface area contributed by atoms with E-state index in [-0.39, 0.29) is 0 Å². The van der Waals surface area contributed by atoms with Crippen LogP contribution in [-0.2, 0) is 0 Å². The van der Waals surface area contributed by atoms with Gasteiger partial charge in [-0.2, -0.15) is 0 Å². The summed E-state index contributed by atoms with van der Waals surface area (Å²) in [6.45, 7) is 3.33. The van der Waals surface area contributed by atoms with Crippen molar-refractivity contribution >= 4 is 13.7 Å². The van der Waals surface area contributed by atoms with Gasteiger partial charge in [-0.3, -0.25) is 4.79 Å². The lowest BCUT2D eigenvalue weighted by Gasteiger charge is -2.21. The minimum atomic E-state index is -1.33. The molecular formula is C9H18BNO2. The summed E-state index contributed by atoms with van der Waals surface area (Å²) >= 11 is 0. The van der Waals surface area contributed by atoms with Crippen molar-refractivity contribution in [3.8, 4) is 0 Å². The molecule has 2 N–H and O–H groups in total. The molecule has 1 aliphatic carbocycles. The first-order valence-corrected chi connectivity index (χ1v) is 4.88. The molecule has 3 nitrogen and oxygen atoms in total. The van der Waals surface area contributed by atoms with Gasteiger partial charge in [-0.15, -0.1) is 0 Å². The second-order valence-corrected chi connectivity index (χ2v) is 3.23. The van der Waals surface area contributed by atoms with Crippen LogP contribution in [0.25, 0.3) is 0 Å². The molecule has 2 radical (unpaired) electrons. The van der Waals surface area contributed by atoms with E-state index in [2.05, 4.69) is 20.1 Å². The Balaban J connectivity index is 0.000000310. The Kier molecular flexibility index (Phi) is 7.79. The SMILES string of the molecule is CCNC1CCCCC1.[B]C(=O)O. The molecule has 74 valence electrons. The molecule has 0 unspecified atom stereocenters. The Morgan fingerprint density at radius 3 is 2.31 bits per heavy atom. The predicted octanol–water partition coefficient (Wildman–Crippen LogP) is 1.76. The molecule has 0 aromatic carbocycles. The molecule has 0 bridgehead atoms. The summed E-state index contributed by atoms with van der Waals surface area (Å²) in [5, 5.41) is 10.7. The van der Waals surface area contributed by atoms with Gasteiger partial charge in [0.2, 0.25) is 13.7 Å². The third kappa shape index (κ3) is 9.41. The minimum absolute atomic E-state index is 0.851. The molecule has 0 aliphatic heterocycles. The van der Waals surface area contributed by atoms with Gasteiger partial charge in [0, 0.05) is 6.04 Å². The fourth-order valence-corrected chi connectivity index (χ4v) is 1.60. The minimum Gasteiger partial charge on any atom is -0.490 e. The van der Waals surface area contributed by atoms with Gasteiger partial charge in [-0.1, -0.05) is 26.2 Å². The van der Waals surface area contributed by atoms with Crippen LogP contribution in [-0.4, -0.2) is 31.4 Å². The largest absolute Gasteiger partial charge is 0.490 e. The van der Waals surface area contributed by atoms with Crippen molar-refractivity contribution in [3.63, 3.8) is 0 Å². The highest BCUT2D eigenvalue weighted by Crippen LogP contribution is 2.16. The van der Waals surface area contributed by atoms with Crippen LogP contribution < -0.4 is 5.32 Å². The fraction of sp³-hybridized carbons (Fsp3) is 0.889. The lowest BCUT2D eigenvalue weighted by molar-refractivity contribution is 0.220. The zero-order valence-corrected chi connectivity index (χ0v) is 8.25. The molecule has 0 spiro atoms. The van der Waals surface area contributed by atoms with Crippen LogP contribution in [0.2, 0.25) is 0 Å². The Hall–Kier alpha value is -0.505. The van der Waals surface area contributed by atoms with E-state index in [1.165, 1.54) is 32.1 Å². The summed E-state index contributed by atoms with van der Waals surface area (Å²) in [5.41, 5.74) is 0. The zero-order chi connectivity index (χ0) is 10.1. The van der Waals surface area contributed by atoms with E-state index < -0.39 is 5.87 Å². The van der Waals surface area contributed by atoms with E-state index in [9.17, 15) is 0 Å². The highest BCUT2D eigenvalue weighted by molar-refractivity contribution is 6.54. The Morgan fingerprint density at radius 2 is 1.92 bits per heavy atom. The maximum Gasteiger partial charge on any atom is 0.233 e. The van der Waals surface area contributed by atoms with Crippen molar-refractivity contribution in [3.05, 3.63) is 0 Å². The number of hydrogen-bond donors (Lipinski definition) is 2. The lowest BCUT2D eigenvalue weighted by atomic mass is 9.96. The first kappa shape index (κ1) is 12.5. The predicted molar refractivity (Wildman–Crippen MR) is 54.3 cm³/mol. The topological polar surface area (TPSA) is 49.3 Å². The number of carbonyl (C=O) groups is 1. The number of nitrogens with one attached hydrogen (secondary N) is 1. The van der Waals surface area contributed by atoms with Gasteiger partial charge < -0.3 is 10.4 Å². The van der Waals surface area contributed by atoms with Crippen LogP contribution in [0, 0.1) is 0 Å². The van der Waals surface area contributed by atoms with Gasteiger partial charge in [0.15, 0.2) is 0 Å². The standard InChI is InChI=1S/C8H17N.CHBO2/c1-2-9-8-6-4-3-5-7-8;2-1(3)4/h8-9H,2-7H2,1H3;(H,3,4). The molecule has 0 aromatic rings. The number of rotatable bonds is 2. The van der Waals surface area contributed by atoms with Crippen molar-refractivity contribution in [2.75, 3.05) is 6.54 Å². The Labute approximate surface area is 81.3 Å². The van der Waals surface area contributed by atoms with Crippen LogP contribution in [0.4, 0.5) is 4.79 Å². The Bertz CT molecular complexity index is 129. The highest BCUT2D eigenvalue weighted by atomic mass is 16.4. The van der Waals surface area contributed by atoms with E-state index in [1.54, 1.807) is 0 Å². The van der Waals surface area contributed by atoms with E-state index in [0.717, 1.165) is 12.6 Å². The fourth-order valence-electron chi connectivity index (χ4n) is 1.60. The van der Waals surface area contributed by atoms with Crippen LogP contribution in [0.1, 0.15) is 39.0 Å². The molecule has 4 heteroatoms. The third-order valence-electron chi connectivity index (χ3n) is 2.10. The smallest absolute Gasteiger partial charge is 0.233 e. The third-order valence-corrected chi connectivity index (χ3v) is 2.10. The molecule has 0 amide bonds. The monoisotopic (exact) mass is 183 g/mol. The van der Waals surface area contributed by atoms with Crippen LogP contribution in [0.15, 0.2) is 0 Å². The van der Waals surface area contributed by atoms with Gasteiger partial charge in [-0.05, 0) is 19.4 Å². The number of carboxylic acid groups (broad SMARTS) is 1. The second kappa shape index (κ2) is 8.11. The van der Waals surface area contributed by atoms with Crippen molar-refractivity contribution < 1.29 is 9.90 Å². The average molecular weight is 183 g/mol. The normalized spacial score (nSPS) is 17.3. The summed E-state index contributed by atoms with van der Waals surface area (Å²) < 4.78 is 0. The first-order valence-electron chi connectivity index (χ1n) is 4.88. The average Bonchev–Trinajstić information content (AvgIpc) is 2.06. The number of hydrogen-bond acceptors (Lipinski definition) is 2. The van der Waals surface area contributed by atoms with Gasteiger partial charge in [-0.25, -0.2) is 0 Å². The highest BCUT2D eigenvalue weighted by Gasteiger charge is 2.10. The van der Waals surface area contributed by atoms with Gasteiger partial charge >= 0.3 is 0 Å². The summed E-state index contributed by atoms with van der Waals surface area (Å²) in [7, 11) is 4.03. The van der Waals surface area contributed by atoms with Crippen LogP contribution >= 0.6 is 0 Å². The maximum atomic E-state index is 8.78. The van der Waals surface area contributed by atoms with Gasteiger partial charge in [0.1, 0.15) is 0 Å². The zero-order valence-electron chi connectivity index (χ0n) is 8.25. The molecule has 1 fully saturated rings. The molecular weight excluding hydrogens is 165 g/mol. The summed E-state index contributed by atoms with van der Waals surface area (Å²) in [6, 6.07) is 0.851. The van der Waals surface area contributed by atoms with Crippen molar-refractivity contribution in [2.45, 2.75) is 45.1 Å². The maximum absolute atomic E-state index is 8.78. The van der Waals surface area contributed by atoms with Crippen LogP contribution in [0.5, 0.6) is 0 Å². The lowest BCUT2D eigenvalue weighted by Crippen LogP contribution is -2.30. The summed E-state index contributed by atoms with van der Waals surface area (Å²) in [4.78, 5) is 8.78. The summed E-state index contributed by atoms with van der Waals surface area (Å²) in [6.07, 6.45) is 7.17. The Morgan fingerprint density at radius 1 is 1.46 bits per heavy atom.